The van der Waals surface area contributed by atoms with Crippen LogP contribution in [-0.2, 0) is 53.9 Å². The number of ether oxygens (including phenoxy) is 8. The molecule has 2 fully saturated rings. The van der Waals surface area contributed by atoms with E-state index in [-0.39, 0.29) is 12.1 Å². The third-order valence-corrected chi connectivity index (χ3v) is 8.80. The molecule has 0 aromatic heterocycles. The number of carbonyl (C=O) groups excluding carboxylic acids is 2. The van der Waals surface area contributed by atoms with Crippen LogP contribution in [0.2, 0.25) is 10.0 Å². The number of hydrogen-bond acceptors (Lipinski definition) is 11. The minimum atomic E-state index is -0.709. The molecule has 4 heterocycles. The van der Waals surface area contributed by atoms with Gasteiger partial charge in [-0.2, -0.15) is 0 Å². The van der Waals surface area contributed by atoms with Crippen molar-refractivity contribution >= 4 is 40.8 Å². The lowest BCUT2D eigenvalue weighted by Gasteiger charge is -2.22. The topological polar surface area (TPSA) is 111 Å². The van der Waals surface area contributed by atoms with Crippen molar-refractivity contribution in [3.05, 3.63) is 86.9 Å². The van der Waals surface area contributed by atoms with Gasteiger partial charge in [-0.15, -0.1) is 0 Å². The molecule has 0 saturated carbocycles. The van der Waals surface area contributed by atoms with Crippen LogP contribution in [0.15, 0.2) is 71.3 Å². The Hall–Kier alpha value is -3.32. The molecule has 0 bridgehead atoms. The van der Waals surface area contributed by atoms with Gasteiger partial charge in [0.25, 0.3) is 0 Å². The number of carbonyl (C=O) groups is 2. The Balaban J connectivity index is 0.000000192. The quantitative estimate of drug-likeness (QED) is 0.240. The summed E-state index contributed by atoms with van der Waals surface area (Å²) in [5, 5.41) is 1.44. The second-order valence-corrected chi connectivity index (χ2v) is 13.8. The average Bonchev–Trinajstić information content (AvgIpc) is 3.82. The van der Waals surface area contributed by atoms with Crippen molar-refractivity contribution in [2.45, 2.75) is 97.8 Å². The molecule has 2 aromatic carbocycles. The summed E-state index contributed by atoms with van der Waals surface area (Å²) in [6.45, 7) is 16.5. The Morgan fingerprint density at radius 1 is 0.725 bits per heavy atom. The number of nitrogens with zero attached hydrogens (tertiary/aromatic N) is 1. The van der Waals surface area contributed by atoms with Crippen LogP contribution in [0.3, 0.4) is 0 Å². The molecule has 4 aliphatic heterocycles. The Morgan fingerprint density at radius 2 is 1.18 bits per heavy atom. The van der Waals surface area contributed by atoms with E-state index in [4.69, 9.17) is 61.1 Å². The molecular weight excluding hydrogens is 701 g/mol. The predicted octanol–water partition coefficient (Wildman–Crippen LogP) is 7.38. The molecule has 0 radical (unpaired) electrons. The van der Waals surface area contributed by atoms with E-state index in [0.29, 0.717) is 54.2 Å². The maximum atomic E-state index is 12.5. The van der Waals surface area contributed by atoms with E-state index in [1.54, 1.807) is 31.0 Å². The summed E-state index contributed by atoms with van der Waals surface area (Å²) >= 11 is 11.6. The standard InChI is InChI=1S/C18H22ClNO5.C12H18O5.C8H9Cl/c1-5-22-16-14(20(4)12-8-6-11(19)7-9-12)17(21)24-15(16)13-10-23-18(2,3)25-13;1-5-14-9-7(2)11(13)16-10(9)8-6-15-12(3,4)17-8;1-2-7-3-5-8(9)6-4-7/h6-9,13,15H,5,10H2,1-4H3;8,10H,5-6H2,1-4H3;3-6H,2H2,1H3/t13-,15+;8-,10+;/m00./s1. The van der Waals surface area contributed by atoms with Crippen molar-refractivity contribution < 1.29 is 47.5 Å². The predicted molar refractivity (Wildman–Crippen MR) is 193 cm³/mol. The first kappa shape index (κ1) is 40.5. The van der Waals surface area contributed by atoms with Gasteiger partial charge in [-0.05, 0) is 96.8 Å². The minimum Gasteiger partial charge on any atom is -0.494 e. The van der Waals surface area contributed by atoms with E-state index in [2.05, 4.69) is 6.92 Å². The van der Waals surface area contributed by atoms with Gasteiger partial charge < -0.3 is 42.8 Å². The highest BCUT2D eigenvalue weighted by Gasteiger charge is 2.48. The molecule has 4 aliphatic rings. The first-order valence-electron chi connectivity index (χ1n) is 17.1. The summed E-state index contributed by atoms with van der Waals surface area (Å²) in [5.74, 6) is -1.09. The first-order valence-corrected chi connectivity index (χ1v) is 17.8. The minimum absolute atomic E-state index is 0.298. The van der Waals surface area contributed by atoms with Gasteiger partial charge in [0.05, 0.1) is 32.0 Å². The fraction of sp³-hybridized carbons (Fsp3) is 0.526. The number of esters is 2. The third-order valence-electron chi connectivity index (χ3n) is 8.29. The first-order chi connectivity index (χ1) is 24.1. The zero-order chi connectivity index (χ0) is 37.5. The molecule has 2 saturated heterocycles. The second kappa shape index (κ2) is 17.5. The number of hydrogen-bond donors (Lipinski definition) is 0. The molecule has 280 valence electrons. The maximum Gasteiger partial charge on any atom is 0.359 e. The van der Waals surface area contributed by atoms with Gasteiger partial charge in [0.15, 0.2) is 35.2 Å². The summed E-state index contributed by atoms with van der Waals surface area (Å²) in [6.07, 6.45) is -0.732. The van der Waals surface area contributed by atoms with Gasteiger partial charge in [-0.25, -0.2) is 9.59 Å². The van der Waals surface area contributed by atoms with Crippen molar-refractivity contribution in [2.75, 3.05) is 38.4 Å². The smallest absolute Gasteiger partial charge is 0.359 e. The zero-order valence-electron chi connectivity index (χ0n) is 30.7. The van der Waals surface area contributed by atoms with Crippen LogP contribution < -0.4 is 4.90 Å². The number of aryl methyl sites for hydroxylation is 1. The van der Waals surface area contributed by atoms with Crippen LogP contribution in [0, 0.1) is 0 Å². The van der Waals surface area contributed by atoms with Crippen LogP contribution in [-0.4, -0.2) is 81.4 Å². The van der Waals surface area contributed by atoms with E-state index in [0.717, 1.165) is 17.1 Å². The van der Waals surface area contributed by atoms with Crippen molar-refractivity contribution in [3.63, 3.8) is 0 Å². The van der Waals surface area contributed by atoms with Crippen molar-refractivity contribution in [1.82, 2.24) is 0 Å². The molecule has 0 amide bonds. The molecule has 4 atom stereocenters. The molecule has 11 nitrogen and oxygen atoms in total. The van der Waals surface area contributed by atoms with Gasteiger partial charge in [-0.1, -0.05) is 42.3 Å². The Kier molecular flexibility index (Phi) is 13.9. The lowest BCUT2D eigenvalue weighted by Crippen LogP contribution is -2.33. The molecule has 0 aliphatic carbocycles. The summed E-state index contributed by atoms with van der Waals surface area (Å²) < 4.78 is 44.7. The highest BCUT2D eigenvalue weighted by Crippen LogP contribution is 2.36. The number of benzene rings is 2. The molecule has 0 N–H and O–H groups in total. The maximum absolute atomic E-state index is 12.5. The molecule has 51 heavy (non-hydrogen) atoms. The summed E-state index contributed by atoms with van der Waals surface area (Å²) in [5.41, 5.74) is 3.02. The van der Waals surface area contributed by atoms with Crippen LogP contribution in [0.25, 0.3) is 0 Å². The Morgan fingerprint density at radius 3 is 1.63 bits per heavy atom. The summed E-state index contributed by atoms with van der Waals surface area (Å²) in [6, 6.07) is 15.1. The SMILES string of the molecule is CCOC1=C(C)C(=O)O[C@@H]1[C@@H]1COC(C)(C)O1.CCOC1=C(N(C)c2ccc(Cl)cc2)C(=O)O[C@@H]1[C@@H]1COC(C)(C)O1.CCc1ccc(Cl)cc1. The number of likely N-dealkylation sites (N-methyl/N-ethyl adjacent to an activating group) is 1. The molecule has 0 spiro atoms. The average molecular weight is 751 g/mol. The van der Waals surface area contributed by atoms with E-state index < -0.39 is 35.9 Å². The van der Waals surface area contributed by atoms with E-state index in [1.807, 2.05) is 77.9 Å². The molecule has 6 rings (SSSR count). The lowest BCUT2D eigenvalue weighted by atomic mass is 10.1. The largest absolute Gasteiger partial charge is 0.494 e. The van der Waals surface area contributed by atoms with Gasteiger partial charge in [-0.3, -0.25) is 0 Å². The summed E-state index contributed by atoms with van der Waals surface area (Å²) in [7, 11) is 1.79. The molecule has 2 aromatic rings. The lowest BCUT2D eigenvalue weighted by molar-refractivity contribution is -0.163. The monoisotopic (exact) mass is 749 g/mol. The van der Waals surface area contributed by atoms with Crippen LogP contribution in [0.5, 0.6) is 0 Å². The van der Waals surface area contributed by atoms with Crippen LogP contribution in [0.4, 0.5) is 5.69 Å². The fourth-order valence-electron chi connectivity index (χ4n) is 5.72. The van der Waals surface area contributed by atoms with Gasteiger partial charge in [0.2, 0.25) is 0 Å². The van der Waals surface area contributed by atoms with E-state index in [1.165, 1.54) is 5.56 Å². The number of anilines is 1. The molecule has 0 unspecified atom stereocenters. The van der Waals surface area contributed by atoms with Crippen molar-refractivity contribution in [2.24, 2.45) is 0 Å². The Bertz CT molecular complexity index is 1570. The molecule has 13 heteroatoms. The second-order valence-electron chi connectivity index (χ2n) is 13.0. The van der Waals surface area contributed by atoms with Gasteiger partial charge in [0.1, 0.15) is 18.0 Å². The highest BCUT2D eigenvalue weighted by molar-refractivity contribution is 6.30. The van der Waals surface area contributed by atoms with E-state index >= 15 is 0 Å². The fourth-order valence-corrected chi connectivity index (χ4v) is 5.97. The van der Waals surface area contributed by atoms with Crippen molar-refractivity contribution in [3.8, 4) is 0 Å². The zero-order valence-corrected chi connectivity index (χ0v) is 32.3. The number of cyclic esters (lactones) is 2. The van der Waals surface area contributed by atoms with Crippen molar-refractivity contribution in [1.29, 1.82) is 0 Å². The summed E-state index contributed by atoms with van der Waals surface area (Å²) in [4.78, 5) is 25.8. The molecular formula is C38H49Cl2NO10. The normalized spacial score (nSPS) is 24.7. The number of rotatable bonds is 9. The number of halogens is 2. The Labute approximate surface area is 310 Å². The van der Waals surface area contributed by atoms with Crippen LogP contribution in [0.1, 0.15) is 61.0 Å². The van der Waals surface area contributed by atoms with E-state index in [9.17, 15) is 9.59 Å². The van der Waals surface area contributed by atoms with Gasteiger partial charge >= 0.3 is 11.9 Å². The van der Waals surface area contributed by atoms with Gasteiger partial charge in [0, 0.05) is 22.8 Å². The van der Waals surface area contributed by atoms with Crippen LogP contribution >= 0.6 is 23.2 Å². The third kappa shape index (κ3) is 10.4. The highest BCUT2D eigenvalue weighted by atomic mass is 35.5.